The minimum atomic E-state index is -0.0836. The van der Waals surface area contributed by atoms with Crippen LogP contribution in [0.2, 0.25) is 0 Å². The van der Waals surface area contributed by atoms with Crippen LogP contribution in [-0.2, 0) is 0 Å². The van der Waals surface area contributed by atoms with Gasteiger partial charge in [0.05, 0.1) is 6.10 Å². The molecule has 3 rings (SSSR count). The molecule has 2 unspecified atom stereocenters. The molecule has 2 atom stereocenters. The van der Waals surface area contributed by atoms with E-state index in [-0.39, 0.29) is 6.10 Å². The Kier molecular flexibility index (Phi) is 4.10. The Bertz CT molecular complexity index is 426. The fraction of sp³-hybridized carbons (Fsp3) is 0.600. The summed E-state index contributed by atoms with van der Waals surface area (Å²) in [5, 5.41) is 9.78. The quantitative estimate of drug-likeness (QED) is 0.924. The van der Waals surface area contributed by atoms with E-state index in [4.69, 9.17) is 4.74 Å². The number of ether oxygens (including phenoxy) is 1. The van der Waals surface area contributed by atoms with Crippen LogP contribution < -0.4 is 4.74 Å². The van der Waals surface area contributed by atoms with Crippen LogP contribution in [0.15, 0.2) is 28.7 Å². The number of nitrogens with zero attached hydrogens (tertiary/aromatic N) is 1. The van der Waals surface area contributed by atoms with Crippen LogP contribution in [0.1, 0.15) is 25.7 Å². The molecule has 3 nitrogen and oxygen atoms in total. The second-order valence-electron chi connectivity index (χ2n) is 5.55. The summed E-state index contributed by atoms with van der Waals surface area (Å²) >= 11 is 3.45. The van der Waals surface area contributed by atoms with Crippen molar-refractivity contribution >= 4 is 15.9 Å². The zero-order chi connectivity index (χ0) is 13.2. The number of piperidine rings is 1. The van der Waals surface area contributed by atoms with E-state index in [2.05, 4.69) is 20.8 Å². The topological polar surface area (TPSA) is 32.7 Å². The van der Waals surface area contributed by atoms with Gasteiger partial charge in [0.25, 0.3) is 0 Å². The summed E-state index contributed by atoms with van der Waals surface area (Å²) in [5.74, 6) is 0.916. The Balaban J connectivity index is 1.51. The second-order valence-corrected chi connectivity index (χ2v) is 6.47. The molecule has 1 aromatic rings. The molecule has 2 saturated heterocycles. The van der Waals surface area contributed by atoms with Crippen LogP contribution in [0, 0.1) is 0 Å². The van der Waals surface area contributed by atoms with E-state index in [9.17, 15) is 5.11 Å². The zero-order valence-corrected chi connectivity index (χ0v) is 12.6. The monoisotopic (exact) mass is 325 g/mol. The van der Waals surface area contributed by atoms with Gasteiger partial charge in [-0.25, -0.2) is 0 Å². The van der Waals surface area contributed by atoms with Crippen molar-refractivity contribution in [2.45, 2.75) is 43.9 Å². The molecular formula is C15H20BrNO2. The van der Waals surface area contributed by atoms with Crippen molar-refractivity contribution in [3.8, 4) is 5.75 Å². The van der Waals surface area contributed by atoms with E-state index >= 15 is 0 Å². The number of aliphatic hydroxyl groups is 1. The van der Waals surface area contributed by atoms with Crippen LogP contribution in [-0.4, -0.2) is 41.3 Å². The summed E-state index contributed by atoms with van der Waals surface area (Å²) in [6.45, 7) is 1.69. The van der Waals surface area contributed by atoms with Crippen molar-refractivity contribution < 1.29 is 9.84 Å². The predicted octanol–water partition coefficient (Wildman–Crippen LogP) is 2.82. The van der Waals surface area contributed by atoms with Crippen molar-refractivity contribution in [3.63, 3.8) is 0 Å². The highest BCUT2D eigenvalue weighted by Crippen LogP contribution is 2.35. The van der Waals surface area contributed by atoms with E-state index in [1.54, 1.807) is 0 Å². The SMILES string of the molecule is OC1CC2CCC(C1)N2CCOc1cccc(Br)c1. The van der Waals surface area contributed by atoms with Crippen molar-refractivity contribution in [1.29, 1.82) is 0 Å². The van der Waals surface area contributed by atoms with Gasteiger partial charge in [0.15, 0.2) is 0 Å². The average molecular weight is 326 g/mol. The Hall–Kier alpha value is -0.580. The standard InChI is InChI=1S/C15H20BrNO2/c16-11-2-1-3-15(8-11)19-7-6-17-12-4-5-13(17)10-14(18)9-12/h1-3,8,12-14,18H,4-7,9-10H2. The third-order valence-electron chi connectivity index (χ3n) is 4.27. The van der Waals surface area contributed by atoms with Gasteiger partial charge in [0.1, 0.15) is 12.4 Å². The van der Waals surface area contributed by atoms with E-state index in [1.807, 2.05) is 24.3 Å². The third-order valence-corrected chi connectivity index (χ3v) is 4.77. The van der Waals surface area contributed by atoms with Crippen LogP contribution in [0.5, 0.6) is 5.75 Å². The van der Waals surface area contributed by atoms with Crippen LogP contribution in [0.4, 0.5) is 0 Å². The van der Waals surface area contributed by atoms with Gasteiger partial charge in [-0.15, -0.1) is 0 Å². The number of hydrogen-bond donors (Lipinski definition) is 1. The first-order valence-electron chi connectivity index (χ1n) is 7.04. The Labute approximate surface area is 122 Å². The average Bonchev–Trinajstić information content (AvgIpc) is 2.62. The lowest BCUT2D eigenvalue weighted by Crippen LogP contribution is -2.46. The summed E-state index contributed by atoms with van der Waals surface area (Å²) < 4.78 is 6.85. The first-order valence-corrected chi connectivity index (χ1v) is 7.84. The highest BCUT2D eigenvalue weighted by atomic mass is 79.9. The highest BCUT2D eigenvalue weighted by molar-refractivity contribution is 9.10. The molecule has 104 valence electrons. The minimum absolute atomic E-state index is 0.0836. The number of rotatable bonds is 4. The van der Waals surface area contributed by atoms with Gasteiger partial charge in [-0.3, -0.25) is 4.90 Å². The molecule has 4 heteroatoms. The lowest BCUT2D eigenvalue weighted by Gasteiger charge is -2.36. The van der Waals surface area contributed by atoms with E-state index in [0.29, 0.717) is 12.1 Å². The molecule has 2 bridgehead atoms. The number of hydrogen-bond acceptors (Lipinski definition) is 3. The minimum Gasteiger partial charge on any atom is -0.492 e. The molecule has 0 saturated carbocycles. The summed E-state index contributed by atoms with van der Waals surface area (Å²) in [6.07, 6.45) is 4.26. The smallest absolute Gasteiger partial charge is 0.120 e. The van der Waals surface area contributed by atoms with Gasteiger partial charge >= 0.3 is 0 Å². The number of benzene rings is 1. The molecule has 2 heterocycles. The number of aliphatic hydroxyl groups excluding tert-OH is 1. The fourth-order valence-electron chi connectivity index (χ4n) is 3.44. The van der Waals surface area contributed by atoms with Gasteiger partial charge in [0.2, 0.25) is 0 Å². The summed E-state index contributed by atoms with van der Waals surface area (Å²) in [6, 6.07) is 9.10. The first-order chi connectivity index (χ1) is 9.22. The lowest BCUT2D eigenvalue weighted by atomic mass is 10.0. The molecule has 1 aromatic carbocycles. The molecule has 0 aromatic heterocycles. The Morgan fingerprint density at radius 3 is 2.68 bits per heavy atom. The maximum absolute atomic E-state index is 9.78. The van der Waals surface area contributed by atoms with Gasteiger partial charge in [-0.1, -0.05) is 22.0 Å². The maximum atomic E-state index is 9.78. The molecule has 1 N–H and O–H groups in total. The summed E-state index contributed by atoms with van der Waals surface area (Å²) in [5.41, 5.74) is 0. The van der Waals surface area contributed by atoms with Crippen LogP contribution >= 0.6 is 15.9 Å². The molecule has 0 aliphatic carbocycles. The van der Waals surface area contributed by atoms with Gasteiger partial charge in [-0.2, -0.15) is 0 Å². The van der Waals surface area contributed by atoms with Crippen molar-refractivity contribution in [2.75, 3.05) is 13.2 Å². The van der Waals surface area contributed by atoms with Crippen LogP contribution in [0.3, 0.4) is 0 Å². The largest absolute Gasteiger partial charge is 0.492 e. The van der Waals surface area contributed by atoms with Crippen LogP contribution in [0.25, 0.3) is 0 Å². The maximum Gasteiger partial charge on any atom is 0.120 e. The van der Waals surface area contributed by atoms with Crippen molar-refractivity contribution in [1.82, 2.24) is 4.90 Å². The Morgan fingerprint density at radius 1 is 1.26 bits per heavy atom. The van der Waals surface area contributed by atoms with Crippen molar-refractivity contribution in [3.05, 3.63) is 28.7 Å². The normalized spacial score (nSPS) is 30.5. The first kappa shape index (κ1) is 13.4. The summed E-state index contributed by atoms with van der Waals surface area (Å²) in [4.78, 5) is 2.53. The molecule has 2 aliphatic heterocycles. The van der Waals surface area contributed by atoms with E-state index < -0.39 is 0 Å². The van der Waals surface area contributed by atoms with Gasteiger partial charge < -0.3 is 9.84 Å². The zero-order valence-electron chi connectivity index (χ0n) is 11.0. The fourth-order valence-corrected chi connectivity index (χ4v) is 3.81. The molecule has 0 spiro atoms. The lowest BCUT2D eigenvalue weighted by molar-refractivity contribution is 0.0288. The molecular weight excluding hydrogens is 306 g/mol. The molecule has 2 aliphatic rings. The van der Waals surface area contributed by atoms with E-state index in [1.165, 1.54) is 12.8 Å². The number of halogens is 1. The molecule has 0 amide bonds. The van der Waals surface area contributed by atoms with E-state index in [0.717, 1.165) is 36.2 Å². The summed E-state index contributed by atoms with van der Waals surface area (Å²) in [7, 11) is 0. The second kappa shape index (κ2) is 5.81. The Morgan fingerprint density at radius 2 is 2.00 bits per heavy atom. The predicted molar refractivity (Wildman–Crippen MR) is 78.4 cm³/mol. The number of fused-ring (bicyclic) bond motifs is 2. The van der Waals surface area contributed by atoms with Gasteiger partial charge in [-0.05, 0) is 43.9 Å². The molecule has 19 heavy (non-hydrogen) atoms. The third kappa shape index (κ3) is 3.12. The van der Waals surface area contributed by atoms with Gasteiger partial charge in [0, 0.05) is 23.1 Å². The highest BCUT2D eigenvalue weighted by Gasteiger charge is 2.39. The van der Waals surface area contributed by atoms with Crippen molar-refractivity contribution in [2.24, 2.45) is 0 Å². The molecule has 0 radical (unpaired) electrons. The molecule has 2 fully saturated rings.